The zero-order valence-corrected chi connectivity index (χ0v) is 12.7. The molecule has 2 nitrogen and oxygen atoms in total. The molecule has 0 saturated carbocycles. The van der Waals surface area contributed by atoms with Crippen molar-refractivity contribution in [2.45, 2.75) is 20.4 Å². The number of carbonyl (C=O) groups is 1. The van der Waals surface area contributed by atoms with Crippen molar-refractivity contribution in [2.75, 3.05) is 0 Å². The fourth-order valence-electron chi connectivity index (χ4n) is 1.75. The Bertz CT molecular complexity index is 577. The van der Waals surface area contributed by atoms with Gasteiger partial charge in [0.05, 0.1) is 9.35 Å². The Morgan fingerprint density at radius 3 is 2.72 bits per heavy atom. The van der Waals surface area contributed by atoms with E-state index in [1.165, 1.54) is 22.5 Å². The van der Waals surface area contributed by atoms with Gasteiger partial charge in [-0.1, -0.05) is 23.8 Å². The fourth-order valence-corrected chi connectivity index (χ4v) is 2.89. The van der Waals surface area contributed by atoms with Crippen LogP contribution in [0.5, 0.6) is 0 Å². The second-order valence-corrected chi connectivity index (χ2v) is 6.54. The summed E-state index contributed by atoms with van der Waals surface area (Å²) in [4.78, 5) is 11.9. The lowest BCUT2D eigenvalue weighted by molar-refractivity contribution is 0.0951. The monoisotopic (exact) mass is 323 g/mol. The quantitative estimate of drug-likeness (QED) is 0.906. The Labute approximate surface area is 119 Å². The Hall–Kier alpha value is -1.13. The number of nitrogens with one attached hydrogen (secondary N) is 1. The van der Waals surface area contributed by atoms with Crippen LogP contribution in [0.15, 0.2) is 33.4 Å². The number of hydrogen-bond acceptors (Lipinski definition) is 2. The van der Waals surface area contributed by atoms with E-state index in [0.717, 1.165) is 9.35 Å². The van der Waals surface area contributed by atoms with Gasteiger partial charge in [-0.05, 0) is 47.0 Å². The standard InChI is InChI=1S/C14H14BrNOS/c1-9-3-4-11(10(2)5-9)7-16-14(17)12-6-13(15)18-8-12/h3-6,8H,7H2,1-2H3,(H,16,17). The molecule has 0 radical (unpaired) electrons. The van der Waals surface area contributed by atoms with Gasteiger partial charge in [0.25, 0.3) is 5.91 Å². The van der Waals surface area contributed by atoms with Crippen LogP contribution in [-0.2, 0) is 6.54 Å². The summed E-state index contributed by atoms with van der Waals surface area (Å²) in [7, 11) is 0. The van der Waals surface area contributed by atoms with Gasteiger partial charge in [0, 0.05) is 11.9 Å². The number of rotatable bonds is 3. The molecule has 0 fully saturated rings. The van der Waals surface area contributed by atoms with Crippen LogP contribution in [0, 0.1) is 13.8 Å². The second-order valence-electron chi connectivity index (χ2n) is 4.25. The average molecular weight is 324 g/mol. The van der Waals surface area contributed by atoms with Crippen molar-refractivity contribution in [1.82, 2.24) is 5.32 Å². The van der Waals surface area contributed by atoms with Crippen LogP contribution in [0.2, 0.25) is 0 Å². The molecule has 4 heteroatoms. The molecule has 2 rings (SSSR count). The number of halogens is 1. The van der Waals surface area contributed by atoms with E-state index < -0.39 is 0 Å². The summed E-state index contributed by atoms with van der Waals surface area (Å²) in [5, 5.41) is 4.78. The highest BCUT2D eigenvalue weighted by Crippen LogP contribution is 2.20. The minimum absolute atomic E-state index is 0.0306. The third-order valence-electron chi connectivity index (χ3n) is 2.77. The third kappa shape index (κ3) is 3.21. The van der Waals surface area contributed by atoms with Gasteiger partial charge in [0.15, 0.2) is 0 Å². The van der Waals surface area contributed by atoms with Crippen LogP contribution < -0.4 is 5.32 Å². The largest absolute Gasteiger partial charge is 0.348 e. The lowest BCUT2D eigenvalue weighted by Crippen LogP contribution is -2.22. The maximum absolute atomic E-state index is 11.9. The molecule has 0 saturated heterocycles. The third-order valence-corrected chi connectivity index (χ3v) is 4.27. The second kappa shape index (κ2) is 5.67. The lowest BCUT2D eigenvalue weighted by Gasteiger charge is -2.08. The molecule has 0 aliphatic rings. The molecule has 1 aromatic carbocycles. The number of aryl methyl sites for hydroxylation is 2. The van der Waals surface area contributed by atoms with Gasteiger partial charge in [0.1, 0.15) is 0 Å². The van der Waals surface area contributed by atoms with Crippen molar-refractivity contribution >= 4 is 33.2 Å². The molecule has 1 heterocycles. The predicted molar refractivity (Wildman–Crippen MR) is 79.1 cm³/mol. The first-order chi connectivity index (χ1) is 8.56. The summed E-state index contributed by atoms with van der Waals surface area (Å²) in [6, 6.07) is 8.09. The van der Waals surface area contributed by atoms with Gasteiger partial charge in [-0.3, -0.25) is 4.79 Å². The van der Waals surface area contributed by atoms with Crippen LogP contribution >= 0.6 is 27.3 Å². The SMILES string of the molecule is Cc1ccc(CNC(=O)c2csc(Br)c2)c(C)c1. The normalized spacial score (nSPS) is 10.4. The summed E-state index contributed by atoms with van der Waals surface area (Å²) < 4.78 is 0.971. The van der Waals surface area contributed by atoms with Gasteiger partial charge in [-0.15, -0.1) is 11.3 Å². The van der Waals surface area contributed by atoms with Crippen molar-refractivity contribution in [2.24, 2.45) is 0 Å². The summed E-state index contributed by atoms with van der Waals surface area (Å²) in [5.41, 5.74) is 4.31. The maximum atomic E-state index is 11.9. The molecule has 1 amide bonds. The Morgan fingerprint density at radius 1 is 1.33 bits per heavy atom. The van der Waals surface area contributed by atoms with Gasteiger partial charge in [0.2, 0.25) is 0 Å². The molecule has 1 N–H and O–H groups in total. The molecule has 18 heavy (non-hydrogen) atoms. The molecule has 0 aliphatic heterocycles. The zero-order chi connectivity index (χ0) is 13.1. The first-order valence-electron chi connectivity index (χ1n) is 5.64. The number of benzene rings is 1. The lowest BCUT2D eigenvalue weighted by atomic mass is 10.1. The predicted octanol–water partition coefficient (Wildman–Crippen LogP) is 4.06. The van der Waals surface area contributed by atoms with Crippen LogP contribution in [0.4, 0.5) is 0 Å². The highest BCUT2D eigenvalue weighted by molar-refractivity contribution is 9.11. The van der Waals surface area contributed by atoms with Gasteiger partial charge in [-0.25, -0.2) is 0 Å². The van der Waals surface area contributed by atoms with E-state index in [1.807, 2.05) is 11.4 Å². The number of carbonyl (C=O) groups excluding carboxylic acids is 1. The molecule has 2 aromatic rings. The van der Waals surface area contributed by atoms with E-state index in [0.29, 0.717) is 12.1 Å². The first-order valence-corrected chi connectivity index (χ1v) is 7.32. The van der Waals surface area contributed by atoms with E-state index >= 15 is 0 Å². The van der Waals surface area contributed by atoms with E-state index in [-0.39, 0.29) is 5.91 Å². The molecule has 0 atom stereocenters. The molecule has 94 valence electrons. The highest BCUT2D eigenvalue weighted by Gasteiger charge is 2.08. The van der Waals surface area contributed by atoms with Crippen molar-refractivity contribution in [3.05, 3.63) is 55.7 Å². The number of amides is 1. The van der Waals surface area contributed by atoms with E-state index in [2.05, 4.69) is 53.3 Å². The zero-order valence-electron chi connectivity index (χ0n) is 10.3. The van der Waals surface area contributed by atoms with Crippen molar-refractivity contribution in [3.63, 3.8) is 0 Å². The molecule has 0 spiro atoms. The van der Waals surface area contributed by atoms with Crippen LogP contribution in [0.1, 0.15) is 27.0 Å². The summed E-state index contributed by atoms with van der Waals surface area (Å²) in [5.74, 6) is -0.0306. The summed E-state index contributed by atoms with van der Waals surface area (Å²) in [6.45, 7) is 4.70. The van der Waals surface area contributed by atoms with Crippen LogP contribution in [0.25, 0.3) is 0 Å². The van der Waals surface area contributed by atoms with Gasteiger partial charge in [-0.2, -0.15) is 0 Å². The van der Waals surface area contributed by atoms with E-state index in [4.69, 9.17) is 0 Å². The van der Waals surface area contributed by atoms with Gasteiger partial charge < -0.3 is 5.32 Å². The van der Waals surface area contributed by atoms with E-state index in [9.17, 15) is 4.79 Å². The minimum Gasteiger partial charge on any atom is -0.348 e. The van der Waals surface area contributed by atoms with Crippen molar-refractivity contribution < 1.29 is 4.79 Å². The summed E-state index contributed by atoms with van der Waals surface area (Å²) in [6.07, 6.45) is 0. The Kier molecular flexibility index (Phi) is 4.19. The molecule has 0 unspecified atom stereocenters. The van der Waals surface area contributed by atoms with E-state index in [1.54, 1.807) is 0 Å². The highest BCUT2D eigenvalue weighted by atomic mass is 79.9. The van der Waals surface area contributed by atoms with Gasteiger partial charge >= 0.3 is 0 Å². The topological polar surface area (TPSA) is 29.1 Å². The fraction of sp³-hybridized carbons (Fsp3) is 0.214. The van der Waals surface area contributed by atoms with Crippen LogP contribution in [0.3, 0.4) is 0 Å². The molecule has 0 aliphatic carbocycles. The van der Waals surface area contributed by atoms with Crippen molar-refractivity contribution in [1.29, 1.82) is 0 Å². The molecule has 0 bridgehead atoms. The smallest absolute Gasteiger partial charge is 0.252 e. The molecule has 1 aromatic heterocycles. The molecular weight excluding hydrogens is 310 g/mol. The maximum Gasteiger partial charge on any atom is 0.252 e. The number of thiophene rings is 1. The Morgan fingerprint density at radius 2 is 2.11 bits per heavy atom. The minimum atomic E-state index is -0.0306. The Balaban J connectivity index is 2.01. The summed E-state index contributed by atoms with van der Waals surface area (Å²) >= 11 is 4.87. The first kappa shape index (κ1) is 13.3. The average Bonchev–Trinajstić information content (AvgIpc) is 2.74. The molecular formula is C14H14BrNOS. The van der Waals surface area contributed by atoms with Crippen molar-refractivity contribution in [3.8, 4) is 0 Å². The number of hydrogen-bond donors (Lipinski definition) is 1. The van der Waals surface area contributed by atoms with Crippen LogP contribution in [-0.4, -0.2) is 5.91 Å².